The van der Waals surface area contributed by atoms with Crippen LogP contribution in [0.3, 0.4) is 0 Å². The van der Waals surface area contributed by atoms with Gasteiger partial charge >= 0.3 is 0 Å². The Hall–Kier alpha value is -1.62. The molecule has 18 heavy (non-hydrogen) atoms. The van der Waals surface area contributed by atoms with Gasteiger partial charge in [-0.1, -0.05) is 23.9 Å². The van der Waals surface area contributed by atoms with E-state index in [0.29, 0.717) is 12.2 Å². The summed E-state index contributed by atoms with van der Waals surface area (Å²) < 4.78 is 13.3. The highest BCUT2D eigenvalue weighted by Gasteiger charge is 2.00. The third kappa shape index (κ3) is 3.70. The van der Waals surface area contributed by atoms with Crippen LogP contribution in [0.1, 0.15) is 5.56 Å². The van der Waals surface area contributed by atoms with Gasteiger partial charge in [0.25, 0.3) is 0 Å². The van der Waals surface area contributed by atoms with Crippen molar-refractivity contribution in [2.24, 2.45) is 0 Å². The zero-order valence-electron chi connectivity index (χ0n) is 10.1. The van der Waals surface area contributed by atoms with Crippen LogP contribution in [0.2, 0.25) is 0 Å². The number of aryl methyl sites for hydroxylation is 1. The Morgan fingerprint density at radius 1 is 1.22 bits per heavy atom. The third-order valence-electron chi connectivity index (χ3n) is 2.28. The van der Waals surface area contributed by atoms with Crippen molar-refractivity contribution in [2.45, 2.75) is 12.1 Å². The van der Waals surface area contributed by atoms with E-state index in [1.807, 2.05) is 13.0 Å². The van der Waals surface area contributed by atoms with Gasteiger partial charge in [-0.15, -0.1) is 0 Å². The van der Waals surface area contributed by atoms with Crippen LogP contribution < -0.4 is 5.32 Å². The molecule has 0 aliphatic rings. The van der Waals surface area contributed by atoms with Crippen LogP contribution in [0.4, 0.5) is 10.1 Å². The van der Waals surface area contributed by atoms with Crippen molar-refractivity contribution in [1.29, 1.82) is 0 Å². The van der Waals surface area contributed by atoms with Crippen molar-refractivity contribution in [2.75, 3.05) is 17.6 Å². The molecule has 0 bridgehead atoms. The molecule has 0 atom stereocenters. The Morgan fingerprint density at radius 2 is 1.94 bits per heavy atom. The summed E-state index contributed by atoms with van der Waals surface area (Å²) in [4.78, 5) is 8.38. The number of nitrogens with one attached hydrogen (secondary N) is 1. The molecule has 0 saturated carbocycles. The van der Waals surface area contributed by atoms with Gasteiger partial charge in [0.1, 0.15) is 5.82 Å². The van der Waals surface area contributed by atoms with Gasteiger partial charge in [0.05, 0.1) is 5.69 Å². The molecule has 0 fully saturated rings. The predicted molar refractivity (Wildman–Crippen MR) is 72.4 cm³/mol. The smallest absolute Gasteiger partial charge is 0.187 e. The molecular formula is C13H14FN3S. The van der Waals surface area contributed by atoms with Gasteiger partial charge in [-0.25, -0.2) is 14.4 Å². The molecule has 1 N–H and O–H groups in total. The maximum Gasteiger partial charge on any atom is 0.187 e. The second-order valence-electron chi connectivity index (χ2n) is 3.80. The molecule has 0 spiro atoms. The molecule has 1 aromatic carbocycles. The van der Waals surface area contributed by atoms with Gasteiger partial charge < -0.3 is 5.32 Å². The Balaban J connectivity index is 1.76. The fraction of sp³-hybridized carbons (Fsp3) is 0.231. The summed E-state index contributed by atoms with van der Waals surface area (Å²) in [6.07, 6.45) is 3.58. The Morgan fingerprint density at radius 3 is 2.67 bits per heavy atom. The summed E-state index contributed by atoms with van der Waals surface area (Å²) in [5.74, 6) is 0.561. The van der Waals surface area contributed by atoms with Crippen LogP contribution in [-0.2, 0) is 0 Å². The third-order valence-corrected chi connectivity index (χ3v) is 3.16. The van der Waals surface area contributed by atoms with E-state index in [2.05, 4.69) is 15.3 Å². The highest BCUT2D eigenvalue weighted by molar-refractivity contribution is 7.99. The van der Waals surface area contributed by atoms with Gasteiger partial charge in [-0.3, -0.25) is 0 Å². The molecule has 0 saturated heterocycles. The molecule has 1 heterocycles. The number of halogens is 1. The minimum absolute atomic E-state index is 0.228. The molecule has 0 amide bonds. The number of nitrogens with zero attached hydrogens (tertiary/aromatic N) is 2. The molecule has 0 unspecified atom stereocenters. The molecule has 0 aliphatic carbocycles. The van der Waals surface area contributed by atoms with Crippen molar-refractivity contribution in [3.63, 3.8) is 0 Å². The second kappa shape index (κ2) is 6.35. The fourth-order valence-electron chi connectivity index (χ4n) is 1.39. The quantitative estimate of drug-likeness (QED) is 0.511. The lowest BCUT2D eigenvalue weighted by Gasteiger charge is -2.06. The van der Waals surface area contributed by atoms with Gasteiger partial charge in [-0.05, 0) is 24.6 Å². The molecule has 3 nitrogen and oxygen atoms in total. The van der Waals surface area contributed by atoms with Crippen molar-refractivity contribution < 1.29 is 4.39 Å². The van der Waals surface area contributed by atoms with E-state index >= 15 is 0 Å². The largest absolute Gasteiger partial charge is 0.382 e. The number of benzene rings is 1. The highest BCUT2D eigenvalue weighted by Crippen LogP contribution is 2.14. The lowest BCUT2D eigenvalue weighted by atomic mass is 10.3. The summed E-state index contributed by atoms with van der Waals surface area (Å²) in [6, 6.07) is 6.65. The van der Waals surface area contributed by atoms with Crippen LogP contribution in [0, 0.1) is 12.7 Å². The highest BCUT2D eigenvalue weighted by atomic mass is 32.2. The molecule has 1 aromatic heterocycles. The maximum absolute atomic E-state index is 13.3. The first-order valence-corrected chi connectivity index (χ1v) is 6.64. The molecule has 5 heteroatoms. The molecule has 0 aliphatic heterocycles. The van der Waals surface area contributed by atoms with Crippen molar-refractivity contribution in [3.8, 4) is 0 Å². The Labute approximate surface area is 110 Å². The van der Waals surface area contributed by atoms with E-state index in [0.717, 1.165) is 16.5 Å². The number of rotatable bonds is 5. The second-order valence-corrected chi connectivity index (χ2v) is 4.86. The van der Waals surface area contributed by atoms with Crippen molar-refractivity contribution in [1.82, 2.24) is 9.97 Å². The summed E-state index contributed by atoms with van der Waals surface area (Å²) in [5, 5.41) is 3.79. The van der Waals surface area contributed by atoms with Crippen molar-refractivity contribution in [3.05, 3.63) is 48.0 Å². The summed E-state index contributed by atoms with van der Waals surface area (Å²) in [6.45, 7) is 2.62. The summed E-state index contributed by atoms with van der Waals surface area (Å²) in [5.41, 5.74) is 1.58. The number of anilines is 1. The average molecular weight is 263 g/mol. The monoisotopic (exact) mass is 263 g/mol. The van der Waals surface area contributed by atoms with E-state index in [4.69, 9.17) is 0 Å². The first kappa shape index (κ1) is 12.8. The van der Waals surface area contributed by atoms with Crippen LogP contribution in [0.5, 0.6) is 0 Å². The van der Waals surface area contributed by atoms with Crippen LogP contribution in [-0.4, -0.2) is 22.3 Å². The van der Waals surface area contributed by atoms with Gasteiger partial charge in [0, 0.05) is 24.7 Å². The van der Waals surface area contributed by atoms with E-state index in [1.54, 1.807) is 36.3 Å². The standard InChI is InChI=1S/C13H14FN3S/c1-10-8-16-13(17-9-10)18-7-6-15-12-5-3-2-4-11(12)14/h2-5,8-9,15H,6-7H2,1H3. The van der Waals surface area contributed by atoms with Gasteiger partial charge in [0.2, 0.25) is 0 Å². The lowest BCUT2D eigenvalue weighted by Crippen LogP contribution is -2.05. The lowest BCUT2D eigenvalue weighted by molar-refractivity contribution is 0.630. The maximum atomic E-state index is 13.3. The Bertz CT molecular complexity index is 502. The number of thioether (sulfide) groups is 1. The summed E-state index contributed by atoms with van der Waals surface area (Å²) in [7, 11) is 0. The molecule has 94 valence electrons. The van der Waals surface area contributed by atoms with E-state index in [1.165, 1.54) is 6.07 Å². The van der Waals surface area contributed by atoms with E-state index in [9.17, 15) is 4.39 Å². The molecule has 2 rings (SSSR count). The fourth-order valence-corrected chi connectivity index (χ4v) is 2.03. The Kier molecular flexibility index (Phi) is 4.52. The average Bonchev–Trinajstić information content (AvgIpc) is 2.39. The number of para-hydroxylation sites is 1. The van der Waals surface area contributed by atoms with Crippen LogP contribution >= 0.6 is 11.8 Å². The minimum Gasteiger partial charge on any atom is -0.382 e. The summed E-state index contributed by atoms with van der Waals surface area (Å²) >= 11 is 1.55. The molecular weight excluding hydrogens is 249 g/mol. The molecule has 2 aromatic rings. The zero-order valence-corrected chi connectivity index (χ0v) is 10.9. The topological polar surface area (TPSA) is 37.8 Å². The predicted octanol–water partition coefficient (Wildman–Crippen LogP) is 3.13. The van der Waals surface area contributed by atoms with Crippen LogP contribution in [0.15, 0.2) is 41.8 Å². The van der Waals surface area contributed by atoms with E-state index in [-0.39, 0.29) is 5.82 Å². The number of aromatic nitrogens is 2. The van der Waals surface area contributed by atoms with Crippen LogP contribution in [0.25, 0.3) is 0 Å². The first-order chi connectivity index (χ1) is 8.75. The SMILES string of the molecule is Cc1cnc(SCCNc2ccccc2F)nc1. The van der Waals surface area contributed by atoms with E-state index < -0.39 is 0 Å². The molecule has 0 radical (unpaired) electrons. The van der Waals surface area contributed by atoms with Gasteiger partial charge in [0.15, 0.2) is 5.16 Å². The van der Waals surface area contributed by atoms with Gasteiger partial charge in [-0.2, -0.15) is 0 Å². The van der Waals surface area contributed by atoms with Crippen molar-refractivity contribution >= 4 is 17.4 Å². The zero-order chi connectivity index (χ0) is 12.8. The first-order valence-electron chi connectivity index (χ1n) is 5.65. The number of hydrogen-bond acceptors (Lipinski definition) is 4. The number of hydrogen-bond donors (Lipinski definition) is 1. The normalized spacial score (nSPS) is 10.3. The minimum atomic E-state index is -0.228.